The molecule has 8 heteroatoms. The van der Waals surface area contributed by atoms with Crippen molar-refractivity contribution in [2.75, 3.05) is 64.0 Å². The third-order valence-electron chi connectivity index (χ3n) is 6.99. The first-order valence-corrected chi connectivity index (χ1v) is 13.4. The number of pyridine rings is 1. The van der Waals surface area contributed by atoms with Crippen LogP contribution in [0.15, 0.2) is 65.8 Å². The van der Waals surface area contributed by atoms with Crippen molar-refractivity contribution in [2.45, 2.75) is 19.4 Å². The Morgan fingerprint density at radius 2 is 1.89 bits per heavy atom. The molecule has 0 spiro atoms. The summed E-state index contributed by atoms with van der Waals surface area (Å²) in [6.07, 6.45) is 3.60. The van der Waals surface area contributed by atoms with Crippen LogP contribution in [-0.4, -0.2) is 79.8 Å². The summed E-state index contributed by atoms with van der Waals surface area (Å²) in [4.78, 5) is 27.1. The minimum atomic E-state index is -0.121. The molecule has 3 heterocycles. The Morgan fingerprint density at radius 1 is 1.08 bits per heavy atom. The third kappa shape index (κ3) is 6.64. The number of carbonyl (C=O) groups is 1. The Morgan fingerprint density at radius 3 is 2.68 bits per heavy atom. The summed E-state index contributed by atoms with van der Waals surface area (Å²) in [6, 6.07) is 18.0. The number of amides is 1. The van der Waals surface area contributed by atoms with Gasteiger partial charge in [0.05, 0.1) is 17.1 Å². The largest absolute Gasteiger partial charge is 0.370 e. The lowest BCUT2D eigenvalue weighted by Gasteiger charge is -2.27. The molecule has 38 heavy (non-hydrogen) atoms. The molecule has 5 rings (SSSR count). The summed E-state index contributed by atoms with van der Waals surface area (Å²) in [5, 5.41) is 9.89. The fraction of sp³-hybridized carbons (Fsp3) is 0.367. The number of nitrogens with zero attached hydrogens (tertiary/aromatic N) is 4. The van der Waals surface area contributed by atoms with Crippen LogP contribution in [0.2, 0.25) is 0 Å². The Kier molecular flexibility index (Phi) is 8.43. The second-order valence-corrected chi connectivity index (χ2v) is 10.2. The highest BCUT2D eigenvalue weighted by Crippen LogP contribution is 2.36. The van der Waals surface area contributed by atoms with Crippen molar-refractivity contribution in [3.05, 3.63) is 83.0 Å². The molecule has 0 radical (unpaired) electrons. The molecule has 3 N–H and O–H groups in total. The maximum Gasteiger partial charge on any atom is 0.255 e. The second-order valence-electron chi connectivity index (χ2n) is 10.2. The van der Waals surface area contributed by atoms with Gasteiger partial charge in [0.15, 0.2) is 0 Å². The van der Waals surface area contributed by atoms with Gasteiger partial charge in [-0.25, -0.2) is 9.98 Å². The number of piperazine rings is 1. The number of aromatic nitrogens is 1. The molecule has 2 aliphatic rings. The van der Waals surface area contributed by atoms with E-state index in [1.54, 1.807) is 0 Å². The summed E-state index contributed by atoms with van der Waals surface area (Å²) >= 11 is 0. The number of fused-ring (bicyclic) bond motifs is 1. The maximum absolute atomic E-state index is 13.1. The molecule has 2 aliphatic heterocycles. The Hall–Kier alpha value is -3.59. The maximum atomic E-state index is 13.1. The monoisotopic (exact) mass is 511 g/mol. The van der Waals surface area contributed by atoms with Crippen molar-refractivity contribution in [3.63, 3.8) is 0 Å². The Balaban J connectivity index is 1.24. The van der Waals surface area contributed by atoms with Crippen molar-refractivity contribution in [1.82, 2.24) is 20.1 Å². The van der Waals surface area contributed by atoms with Gasteiger partial charge in [-0.1, -0.05) is 24.3 Å². The molecule has 2 aromatic carbocycles. The quantitative estimate of drug-likeness (QED) is 0.359. The van der Waals surface area contributed by atoms with Crippen LogP contribution < -0.4 is 16.0 Å². The van der Waals surface area contributed by atoms with E-state index >= 15 is 0 Å². The van der Waals surface area contributed by atoms with E-state index in [1.165, 1.54) is 5.56 Å². The summed E-state index contributed by atoms with van der Waals surface area (Å²) < 4.78 is 0. The van der Waals surface area contributed by atoms with Gasteiger partial charge in [0.1, 0.15) is 5.82 Å². The van der Waals surface area contributed by atoms with Crippen molar-refractivity contribution in [3.8, 4) is 0 Å². The number of hydrogen-bond acceptors (Lipinski definition) is 7. The highest BCUT2D eigenvalue weighted by atomic mass is 16.1. The van der Waals surface area contributed by atoms with Crippen molar-refractivity contribution in [2.24, 2.45) is 4.99 Å². The van der Waals surface area contributed by atoms with E-state index in [2.05, 4.69) is 69.1 Å². The van der Waals surface area contributed by atoms with Gasteiger partial charge in [-0.3, -0.25) is 9.69 Å². The van der Waals surface area contributed by atoms with E-state index in [-0.39, 0.29) is 5.91 Å². The predicted octanol–water partition coefficient (Wildman–Crippen LogP) is 3.78. The predicted molar refractivity (Wildman–Crippen MR) is 155 cm³/mol. The molecule has 1 fully saturated rings. The van der Waals surface area contributed by atoms with Gasteiger partial charge in [-0.15, -0.1) is 0 Å². The van der Waals surface area contributed by atoms with Crippen molar-refractivity contribution in [1.29, 1.82) is 0 Å². The van der Waals surface area contributed by atoms with Gasteiger partial charge in [-0.05, 0) is 68.5 Å². The molecule has 1 aromatic heterocycles. The van der Waals surface area contributed by atoms with Gasteiger partial charge < -0.3 is 20.9 Å². The molecule has 0 saturated carbocycles. The minimum Gasteiger partial charge on any atom is -0.370 e. The summed E-state index contributed by atoms with van der Waals surface area (Å²) in [7, 11) is 4.16. The van der Waals surface area contributed by atoms with Crippen LogP contribution in [0.3, 0.4) is 0 Å². The normalized spacial score (nSPS) is 15.3. The first-order chi connectivity index (χ1) is 18.5. The van der Waals surface area contributed by atoms with Crippen LogP contribution in [0.5, 0.6) is 0 Å². The molecule has 1 saturated heterocycles. The molecule has 0 bridgehead atoms. The highest BCUT2D eigenvalue weighted by Gasteiger charge is 2.21. The van der Waals surface area contributed by atoms with Gasteiger partial charge in [0, 0.05) is 63.0 Å². The van der Waals surface area contributed by atoms with Crippen LogP contribution in [0.4, 0.5) is 17.2 Å². The number of carbonyl (C=O) groups excluding carboxylic acids is 1. The van der Waals surface area contributed by atoms with Gasteiger partial charge >= 0.3 is 0 Å². The molecule has 3 aromatic rings. The average Bonchev–Trinajstić information content (AvgIpc) is 3.38. The minimum absolute atomic E-state index is 0.121. The lowest BCUT2D eigenvalue weighted by atomic mass is 10.0. The van der Waals surface area contributed by atoms with E-state index in [0.29, 0.717) is 5.56 Å². The number of benzene rings is 2. The lowest BCUT2D eigenvalue weighted by Crippen LogP contribution is -2.42. The zero-order valence-electron chi connectivity index (χ0n) is 22.3. The average molecular weight is 512 g/mol. The van der Waals surface area contributed by atoms with Crippen LogP contribution >= 0.6 is 0 Å². The van der Waals surface area contributed by atoms with Gasteiger partial charge in [-0.2, -0.15) is 0 Å². The summed E-state index contributed by atoms with van der Waals surface area (Å²) in [5.74, 6) is 0.734. The zero-order chi connectivity index (χ0) is 26.3. The molecule has 0 aliphatic carbocycles. The number of para-hydroxylation sites is 1. The molecular formula is C30H37N7O. The van der Waals surface area contributed by atoms with E-state index in [9.17, 15) is 4.79 Å². The number of nitrogens with one attached hydrogen (secondary N) is 3. The molecule has 1 amide bonds. The lowest BCUT2D eigenvalue weighted by molar-refractivity contribution is 0.102. The SMILES string of the molecule is CN(C)CCCNc1cc(C2=Nc3c(cccc3NC(=O)c3ccc(CN4CCNCC4)cc3)C2)ccn1. The fourth-order valence-electron chi connectivity index (χ4n) is 4.89. The number of anilines is 2. The topological polar surface area (TPSA) is 84.9 Å². The zero-order valence-corrected chi connectivity index (χ0v) is 22.3. The van der Waals surface area contributed by atoms with Crippen molar-refractivity contribution < 1.29 is 4.79 Å². The smallest absolute Gasteiger partial charge is 0.255 e. The van der Waals surface area contributed by atoms with E-state index in [1.807, 2.05) is 36.5 Å². The van der Waals surface area contributed by atoms with E-state index in [0.717, 1.165) is 92.7 Å². The van der Waals surface area contributed by atoms with Crippen LogP contribution in [0, 0.1) is 0 Å². The van der Waals surface area contributed by atoms with Crippen LogP contribution in [0.1, 0.15) is 33.5 Å². The second kappa shape index (κ2) is 12.3. The Bertz CT molecular complexity index is 1280. The molecule has 198 valence electrons. The Labute approximate surface area is 225 Å². The highest BCUT2D eigenvalue weighted by molar-refractivity contribution is 6.11. The molecule has 8 nitrogen and oxygen atoms in total. The number of rotatable bonds is 10. The first kappa shape index (κ1) is 26.0. The summed E-state index contributed by atoms with van der Waals surface area (Å²) in [5.41, 5.74) is 6.59. The number of hydrogen-bond donors (Lipinski definition) is 3. The fourth-order valence-corrected chi connectivity index (χ4v) is 4.89. The third-order valence-corrected chi connectivity index (χ3v) is 6.99. The number of aliphatic imine (C=N–C) groups is 1. The molecule has 0 atom stereocenters. The molecular weight excluding hydrogens is 474 g/mol. The van der Waals surface area contributed by atoms with Crippen molar-refractivity contribution >= 4 is 28.8 Å². The van der Waals surface area contributed by atoms with Gasteiger partial charge in [0.2, 0.25) is 0 Å². The standard InChI is InChI=1S/C30H37N7O/c1-36(2)16-4-12-32-28-20-24(11-13-33-28)27-19-25-5-3-6-26(29(25)34-27)35-30(38)23-9-7-22(8-10-23)21-37-17-14-31-15-18-37/h3,5-11,13,20,31H,4,12,14-19,21H2,1-2H3,(H,32,33)(H,35,38). The summed E-state index contributed by atoms with van der Waals surface area (Å²) in [6.45, 7) is 6.98. The molecule has 0 unspecified atom stereocenters. The van der Waals surface area contributed by atoms with Gasteiger partial charge in [0.25, 0.3) is 5.91 Å². The van der Waals surface area contributed by atoms with Crippen LogP contribution in [-0.2, 0) is 13.0 Å². The van der Waals surface area contributed by atoms with Crippen LogP contribution in [0.25, 0.3) is 0 Å². The van der Waals surface area contributed by atoms with E-state index in [4.69, 9.17) is 4.99 Å². The van der Waals surface area contributed by atoms with E-state index < -0.39 is 0 Å². The first-order valence-electron chi connectivity index (χ1n) is 13.4.